The number of tetrazole rings is 1. The molecule has 1 aromatic carbocycles. The molecule has 0 saturated carbocycles. The van der Waals surface area contributed by atoms with Gasteiger partial charge in [0.25, 0.3) is 5.56 Å². The number of nitrogens with zero attached hydrogens (tertiary/aromatic N) is 6. The summed E-state index contributed by atoms with van der Waals surface area (Å²) in [4.78, 5) is 25.1. The molecule has 0 atom stereocenters. The highest BCUT2D eigenvalue weighted by Gasteiger charge is 2.11. The molecule has 0 radical (unpaired) electrons. The van der Waals surface area contributed by atoms with Crippen LogP contribution in [0.2, 0.25) is 0 Å². The van der Waals surface area contributed by atoms with Gasteiger partial charge >= 0.3 is 5.69 Å². The Bertz CT molecular complexity index is 982. The maximum Gasteiger partial charge on any atom is 0.330 e. The molecule has 0 fully saturated rings. The predicted octanol–water partition coefficient (Wildman–Crippen LogP) is 0.0942. The topological polar surface area (TPSA) is 87.6 Å². The van der Waals surface area contributed by atoms with Gasteiger partial charge in [-0.25, -0.2) is 4.79 Å². The van der Waals surface area contributed by atoms with Crippen molar-refractivity contribution in [1.82, 2.24) is 29.3 Å². The molecule has 0 bridgehead atoms. The first kappa shape index (κ1) is 14.9. The Morgan fingerprint density at radius 3 is 2.57 bits per heavy atom. The van der Waals surface area contributed by atoms with Crippen molar-refractivity contribution in [2.45, 2.75) is 13.5 Å². The fraction of sp³-hybridized carbons (Fsp3) is 0.267. The molecule has 8 nitrogen and oxygen atoms in total. The number of hydrogen-bond donors (Lipinski definition) is 0. The third-order valence-electron chi connectivity index (χ3n) is 3.77. The van der Waals surface area contributed by atoms with Gasteiger partial charge in [0.2, 0.25) is 5.82 Å². The molecule has 3 rings (SSSR count). The molecular formula is C15H16N6O2. The summed E-state index contributed by atoms with van der Waals surface area (Å²) < 4.78 is 2.45. The van der Waals surface area contributed by atoms with E-state index >= 15 is 0 Å². The van der Waals surface area contributed by atoms with Gasteiger partial charge in [0.15, 0.2) is 0 Å². The van der Waals surface area contributed by atoms with E-state index in [1.165, 1.54) is 22.5 Å². The van der Waals surface area contributed by atoms with E-state index in [0.717, 1.165) is 15.7 Å². The van der Waals surface area contributed by atoms with Gasteiger partial charge in [-0.1, -0.05) is 24.3 Å². The van der Waals surface area contributed by atoms with Crippen LogP contribution in [0.4, 0.5) is 0 Å². The third kappa shape index (κ3) is 2.70. The number of hydrogen-bond acceptors (Lipinski definition) is 5. The standard InChI is InChI=1S/C15H16N6O2/c1-10-6-4-5-7-12(10)14-16-18-21(17-14)9-11-8-13(22)20(3)15(23)19(11)2/h4-8H,9H2,1-3H3. The van der Waals surface area contributed by atoms with Gasteiger partial charge < -0.3 is 0 Å². The Morgan fingerprint density at radius 2 is 1.83 bits per heavy atom. The first-order valence-corrected chi connectivity index (χ1v) is 7.07. The Balaban J connectivity index is 1.96. The molecule has 0 N–H and O–H groups in total. The molecule has 23 heavy (non-hydrogen) atoms. The van der Waals surface area contributed by atoms with E-state index in [0.29, 0.717) is 11.5 Å². The summed E-state index contributed by atoms with van der Waals surface area (Å²) in [6.45, 7) is 2.17. The summed E-state index contributed by atoms with van der Waals surface area (Å²) in [6.07, 6.45) is 0. The molecule has 2 aromatic heterocycles. The van der Waals surface area contributed by atoms with Gasteiger partial charge in [-0.2, -0.15) is 4.80 Å². The molecule has 8 heteroatoms. The molecular weight excluding hydrogens is 296 g/mol. The van der Waals surface area contributed by atoms with Gasteiger partial charge in [-0.05, 0) is 17.7 Å². The minimum Gasteiger partial charge on any atom is -0.299 e. The highest BCUT2D eigenvalue weighted by atomic mass is 16.2. The van der Waals surface area contributed by atoms with E-state index in [4.69, 9.17) is 0 Å². The van der Waals surface area contributed by atoms with Crippen molar-refractivity contribution in [2.24, 2.45) is 14.1 Å². The van der Waals surface area contributed by atoms with Crippen molar-refractivity contribution >= 4 is 0 Å². The summed E-state index contributed by atoms with van der Waals surface area (Å²) >= 11 is 0. The van der Waals surface area contributed by atoms with Gasteiger partial charge in [0.1, 0.15) is 6.54 Å². The summed E-state index contributed by atoms with van der Waals surface area (Å²) in [5.41, 5.74) is 1.73. The van der Waals surface area contributed by atoms with E-state index in [-0.39, 0.29) is 17.8 Å². The predicted molar refractivity (Wildman–Crippen MR) is 84.0 cm³/mol. The van der Waals surface area contributed by atoms with Crippen LogP contribution in [0.1, 0.15) is 11.3 Å². The van der Waals surface area contributed by atoms with Crippen molar-refractivity contribution in [1.29, 1.82) is 0 Å². The smallest absolute Gasteiger partial charge is 0.299 e. The molecule has 118 valence electrons. The molecule has 2 heterocycles. The lowest BCUT2D eigenvalue weighted by molar-refractivity contribution is 0.533. The molecule has 0 aliphatic carbocycles. The normalized spacial score (nSPS) is 10.9. The second-order valence-electron chi connectivity index (χ2n) is 5.33. The van der Waals surface area contributed by atoms with Gasteiger partial charge in [-0.15, -0.1) is 10.2 Å². The number of rotatable bonds is 3. The van der Waals surface area contributed by atoms with Crippen molar-refractivity contribution in [3.8, 4) is 11.4 Å². The zero-order valence-electron chi connectivity index (χ0n) is 13.1. The lowest BCUT2D eigenvalue weighted by Crippen LogP contribution is -2.38. The summed E-state index contributed by atoms with van der Waals surface area (Å²) in [7, 11) is 3.05. The summed E-state index contributed by atoms with van der Waals surface area (Å²) in [5.74, 6) is 0.511. The Labute approximate surface area is 131 Å². The van der Waals surface area contributed by atoms with E-state index in [9.17, 15) is 9.59 Å². The van der Waals surface area contributed by atoms with Crippen molar-refractivity contribution < 1.29 is 0 Å². The zero-order valence-corrected chi connectivity index (χ0v) is 13.1. The fourth-order valence-electron chi connectivity index (χ4n) is 2.32. The van der Waals surface area contributed by atoms with Crippen LogP contribution in [-0.2, 0) is 20.6 Å². The molecule has 0 saturated heterocycles. The molecule has 0 unspecified atom stereocenters. The average molecular weight is 312 g/mol. The SMILES string of the molecule is Cc1ccccc1-c1nnn(Cc2cc(=O)n(C)c(=O)n2C)n1. The Kier molecular flexibility index (Phi) is 3.65. The van der Waals surface area contributed by atoms with E-state index in [1.54, 1.807) is 7.05 Å². The summed E-state index contributed by atoms with van der Waals surface area (Å²) in [5, 5.41) is 12.4. The second kappa shape index (κ2) is 5.64. The first-order chi connectivity index (χ1) is 11.0. The van der Waals surface area contributed by atoms with Crippen LogP contribution in [0.5, 0.6) is 0 Å². The highest BCUT2D eigenvalue weighted by molar-refractivity contribution is 5.58. The van der Waals surface area contributed by atoms with Crippen LogP contribution in [0, 0.1) is 6.92 Å². The maximum absolute atomic E-state index is 11.9. The molecule has 0 amide bonds. The van der Waals surface area contributed by atoms with Crippen LogP contribution in [0.25, 0.3) is 11.4 Å². The van der Waals surface area contributed by atoms with Crippen LogP contribution >= 0.6 is 0 Å². The van der Waals surface area contributed by atoms with Gasteiger partial charge in [0.05, 0.1) is 5.69 Å². The zero-order chi connectivity index (χ0) is 16.6. The third-order valence-corrected chi connectivity index (χ3v) is 3.77. The highest BCUT2D eigenvalue weighted by Crippen LogP contribution is 2.17. The Morgan fingerprint density at radius 1 is 1.09 bits per heavy atom. The molecule has 0 spiro atoms. The fourth-order valence-corrected chi connectivity index (χ4v) is 2.32. The second-order valence-corrected chi connectivity index (χ2v) is 5.33. The number of aromatic nitrogens is 6. The van der Waals surface area contributed by atoms with Crippen LogP contribution in [-0.4, -0.2) is 29.3 Å². The van der Waals surface area contributed by atoms with Gasteiger partial charge in [0, 0.05) is 25.7 Å². The molecule has 0 aliphatic heterocycles. The number of aryl methyl sites for hydroxylation is 1. The monoisotopic (exact) mass is 312 g/mol. The maximum atomic E-state index is 11.9. The number of benzene rings is 1. The van der Waals surface area contributed by atoms with E-state index < -0.39 is 0 Å². The van der Waals surface area contributed by atoms with E-state index in [2.05, 4.69) is 15.4 Å². The van der Waals surface area contributed by atoms with Crippen LogP contribution in [0.15, 0.2) is 39.9 Å². The minimum atomic E-state index is -0.383. The van der Waals surface area contributed by atoms with E-state index in [1.807, 2.05) is 31.2 Å². The Hall–Kier alpha value is -3.03. The van der Waals surface area contributed by atoms with Crippen molar-refractivity contribution in [2.75, 3.05) is 0 Å². The molecule has 0 aliphatic rings. The average Bonchev–Trinajstić information content (AvgIpc) is 2.99. The quantitative estimate of drug-likeness (QED) is 0.684. The first-order valence-electron chi connectivity index (χ1n) is 7.07. The van der Waals surface area contributed by atoms with Crippen LogP contribution in [0.3, 0.4) is 0 Å². The lowest BCUT2D eigenvalue weighted by Gasteiger charge is -2.08. The van der Waals surface area contributed by atoms with Crippen molar-refractivity contribution in [3.05, 3.63) is 62.4 Å². The largest absolute Gasteiger partial charge is 0.330 e. The summed E-state index contributed by atoms with van der Waals surface area (Å²) in [6, 6.07) is 9.15. The molecule has 3 aromatic rings. The van der Waals surface area contributed by atoms with Crippen molar-refractivity contribution in [3.63, 3.8) is 0 Å². The van der Waals surface area contributed by atoms with Gasteiger partial charge in [-0.3, -0.25) is 13.9 Å². The van der Waals surface area contributed by atoms with Crippen LogP contribution < -0.4 is 11.2 Å². The lowest BCUT2D eigenvalue weighted by atomic mass is 10.1. The minimum absolute atomic E-state index is 0.195.